The number of ether oxygens (including phenoxy) is 6. The van der Waals surface area contributed by atoms with Gasteiger partial charge in [0.05, 0.1) is 53.4 Å². The second-order valence-corrected chi connectivity index (χ2v) is 8.61. The third-order valence-corrected chi connectivity index (χ3v) is 6.70. The first-order valence-electron chi connectivity index (χ1n) is 11.8. The molecule has 0 amide bonds. The number of carbonyl (C=O) groups is 1. The molecule has 0 saturated carbocycles. The van der Waals surface area contributed by atoms with Gasteiger partial charge in [-0.05, 0) is 62.6 Å². The average molecular weight is 496 g/mol. The molecule has 0 aliphatic carbocycles. The molecule has 1 aliphatic rings. The van der Waals surface area contributed by atoms with Crippen LogP contribution in [0.4, 0.5) is 0 Å². The lowest BCUT2D eigenvalue weighted by Gasteiger charge is -2.28. The van der Waals surface area contributed by atoms with Gasteiger partial charge in [-0.3, -0.25) is 0 Å². The zero-order chi connectivity index (χ0) is 26.1. The van der Waals surface area contributed by atoms with Gasteiger partial charge in [0.1, 0.15) is 0 Å². The van der Waals surface area contributed by atoms with Crippen LogP contribution in [0.2, 0.25) is 0 Å². The summed E-state index contributed by atoms with van der Waals surface area (Å²) in [6.45, 7) is 6.22. The summed E-state index contributed by atoms with van der Waals surface area (Å²) >= 11 is 0. The number of aromatic nitrogens is 1. The largest absolute Gasteiger partial charge is 0.493 e. The molecule has 0 saturated heterocycles. The minimum Gasteiger partial charge on any atom is -0.493 e. The van der Waals surface area contributed by atoms with Crippen LogP contribution < -0.4 is 23.7 Å². The monoisotopic (exact) mass is 495 g/mol. The first kappa shape index (κ1) is 25.3. The van der Waals surface area contributed by atoms with E-state index in [2.05, 4.69) is 11.5 Å². The lowest BCUT2D eigenvalue weighted by Crippen LogP contribution is -2.18. The van der Waals surface area contributed by atoms with Crippen LogP contribution in [0.15, 0.2) is 24.3 Å². The Hall–Kier alpha value is -3.81. The standard InChI is InChI=1S/C28H33NO7/c1-9-36-28(30)25-24(18-12-22(33-6)27(35-8)23(13-18)34-7)16(3)29-15(2)10-17-11-20(31-4)21(32-5)14-19(17)26(25)29/h11-15H,9-10H2,1-8H3/t15-/m0/s1. The van der Waals surface area contributed by atoms with Crippen LogP contribution in [0.5, 0.6) is 28.7 Å². The molecule has 8 nitrogen and oxygen atoms in total. The van der Waals surface area contributed by atoms with Gasteiger partial charge in [0, 0.05) is 22.9 Å². The van der Waals surface area contributed by atoms with Gasteiger partial charge in [-0.1, -0.05) is 0 Å². The molecule has 0 radical (unpaired) electrons. The summed E-state index contributed by atoms with van der Waals surface area (Å²) in [6, 6.07) is 7.74. The molecule has 3 aromatic rings. The summed E-state index contributed by atoms with van der Waals surface area (Å²) in [4.78, 5) is 13.6. The predicted molar refractivity (Wildman–Crippen MR) is 137 cm³/mol. The Morgan fingerprint density at radius 2 is 1.47 bits per heavy atom. The molecule has 1 aromatic heterocycles. The number of hydrogen-bond acceptors (Lipinski definition) is 7. The lowest BCUT2D eigenvalue weighted by atomic mass is 9.91. The van der Waals surface area contributed by atoms with Gasteiger partial charge in [-0.25, -0.2) is 4.79 Å². The van der Waals surface area contributed by atoms with E-state index >= 15 is 0 Å². The number of methoxy groups -OCH3 is 5. The SMILES string of the molecule is CCOC(=O)c1c(-c2cc(OC)c(OC)c(OC)c2)c(C)n2c1-c1cc(OC)c(OC)cc1C[C@@H]2C. The van der Waals surface area contributed by atoms with Gasteiger partial charge < -0.3 is 33.0 Å². The molecule has 0 unspecified atom stereocenters. The summed E-state index contributed by atoms with van der Waals surface area (Å²) in [7, 11) is 7.93. The van der Waals surface area contributed by atoms with Crippen molar-refractivity contribution in [3.8, 4) is 51.1 Å². The average Bonchev–Trinajstić information content (AvgIpc) is 3.20. The fraction of sp³-hybridized carbons (Fsp3) is 0.393. The molecule has 8 heteroatoms. The highest BCUT2D eigenvalue weighted by Gasteiger charge is 2.35. The van der Waals surface area contributed by atoms with Crippen molar-refractivity contribution in [2.45, 2.75) is 33.2 Å². The molecule has 0 fully saturated rings. The van der Waals surface area contributed by atoms with E-state index < -0.39 is 5.97 Å². The molecule has 4 rings (SSSR count). The zero-order valence-electron chi connectivity index (χ0n) is 22.1. The Kier molecular flexibility index (Phi) is 7.06. The molecule has 0 spiro atoms. The van der Waals surface area contributed by atoms with Gasteiger partial charge in [0.2, 0.25) is 5.75 Å². The van der Waals surface area contributed by atoms with Crippen molar-refractivity contribution in [2.75, 3.05) is 42.2 Å². The van der Waals surface area contributed by atoms with E-state index in [1.165, 1.54) is 0 Å². The summed E-state index contributed by atoms with van der Waals surface area (Å²) in [5.41, 5.74) is 5.74. The summed E-state index contributed by atoms with van der Waals surface area (Å²) in [6.07, 6.45) is 0.773. The third-order valence-electron chi connectivity index (χ3n) is 6.70. The van der Waals surface area contributed by atoms with Crippen LogP contribution in [0.25, 0.3) is 22.4 Å². The van der Waals surface area contributed by atoms with Crippen molar-refractivity contribution in [1.82, 2.24) is 4.57 Å². The fourth-order valence-electron chi connectivity index (χ4n) is 5.22. The number of hydrogen-bond donors (Lipinski definition) is 0. The van der Waals surface area contributed by atoms with Crippen LogP contribution in [0.1, 0.15) is 41.5 Å². The van der Waals surface area contributed by atoms with E-state index in [0.717, 1.165) is 40.1 Å². The Morgan fingerprint density at radius 1 is 0.889 bits per heavy atom. The predicted octanol–water partition coefficient (Wildman–Crippen LogP) is 5.47. The molecule has 2 aromatic carbocycles. The summed E-state index contributed by atoms with van der Waals surface area (Å²) in [5.74, 6) is 2.35. The lowest BCUT2D eigenvalue weighted by molar-refractivity contribution is 0.0528. The Morgan fingerprint density at radius 3 is 2.00 bits per heavy atom. The highest BCUT2D eigenvalue weighted by Crippen LogP contribution is 2.50. The quantitative estimate of drug-likeness (QED) is 0.384. The van der Waals surface area contributed by atoms with E-state index in [4.69, 9.17) is 28.4 Å². The number of nitrogens with zero attached hydrogens (tertiary/aromatic N) is 1. The van der Waals surface area contributed by atoms with Crippen molar-refractivity contribution in [3.05, 3.63) is 41.1 Å². The van der Waals surface area contributed by atoms with Crippen LogP contribution in [-0.4, -0.2) is 52.7 Å². The molecular weight excluding hydrogens is 462 g/mol. The van der Waals surface area contributed by atoms with Crippen molar-refractivity contribution < 1.29 is 33.2 Å². The highest BCUT2D eigenvalue weighted by molar-refractivity contribution is 6.06. The molecule has 0 N–H and O–H groups in total. The normalized spacial score (nSPS) is 13.9. The van der Waals surface area contributed by atoms with Gasteiger partial charge in [0.25, 0.3) is 0 Å². The van der Waals surface area contributed by atoms with Crippen LogP contribution >= 0.6 is 0 Å². The first-order chi connectivity index (χ1) is 17.3. The van der Waals surface area contributed by atoms with Crippen LogP contribution in [0.3, 0.4) is 0 Å². The minimum absolute atomic E-state index is 0.0922. The first-order valence-corrected chi connectivity index (χ1v) is 11.8. The second kappa shape index (κ2) is 10.0. The van der Waals surface area contributed by atoms with Crippen LogP contribution in [-0.2, 0) is 11.2 Å². The van der Waals surface area contributed by atoms with E-state index in [0.29, 0.717) is 34.3 Å². The molecule has 0 bridgehead atoms. The Balaban J connectivity index is 2.10. The molecular formula is C28H33NO7. The number of benzene rings is 2. The minimum atomic E-state index is -0.395. The maximum Gasteiger partial charge on any atom is 0.340 e. The Bertz CT molecular complexity index is 1280. The van der Waals surface area contributed by atoms with Crippen molar-refractivity contribution in [1.29, 1.82) is 0 Å². The maximum atomic E-state index is 13.6. The van der Waals surface area contributed by atoms with Gasteiger partial charge in [0.15, 0.2) is 23.0 Å². The van der Waals surface area contributed by atoms with Gasteiger partial charge in [-0.2, -0.15) is 0 Å². The van der Waals surface area contributed by atoms with E-state index in [9.17, 15) is 4.79 Å². The Labute approximate surface area is 211 Å². The smallest absolute Gasteiger partial charge is 0.340 e. The van der Waals surface area contributed by atoms with E-state index in [-0.39, 0.29) is 12.6 Å². The molecule has 1 aliphatic heterocycles. The zero-order valence-corrected chi connectivity index (χ0v) is 22.1. The van der Waals surface area contributed by atoms with Crippen LogP contribution in [0, 0.1) is 6.92 Å². The molecule has 36 heavy (non-hydrogen) atoms. The second-order valence-electron chi connectivity index (χ2n) is 8.61. The molecule has 192 valence electrons. The summed E-state index contributed by atoms with van der Waals surface area (Å²) < 4.78 is 35.7. The number of fused-ring (bicyclic) bond motifs is 3. The highest BCUT2D eigenvalue weighted by atomic mass is 16.5. The summed E-state index contributed by atoms with van der Waals surface area (Å²) in [5, 5.41) is 0. The van der Waals surface area contributed by atoms with Gasteiger partial charge >= 0.3 is 5.97 Å². The topological polar surface area (TPSA) is 77.4 Å². The van der Waals surface area contributed by atoms with Crippen molar-refractivity contribution >= 4 is 5.97 Å². The van der Waals surface area contributed by atoms with E-state index in [1.54, 1.807) is 42.5 Å². The number of carbonyl (C=O) groups excluding carboxylic acids is 1. The molecule has 1 atom stereocenters. The third kappa shape index (κ3) is 3.90. The molecule has 2 heterocycles. The number of esters is 1. The van der Waals surface area contributed by atoms with Crippen molar-refractivity contribution in [2.24, 2.45) is 0 Å². The van der Waals surface area contributed by atoms with E-state index in [1.807, 2.05) is 31.2 Å². The van der Waals surface area contributed by atoms with Crippen molar-refractivity contribution in [3.63, 3.8) is 0 Å². The maximum absolute atomic E-state index is 13.6. The number of rotatable bonds is 8. The fourth-order valence-corrected chi connectivity index (χ4v) is 5.22. The van der Waals surface area contributed by atoms with Gasteiger partial charge in [-0.15, -0.1) is 0 Å².